The van der Waals surface area contributed by atoms with Crippen LogP contribution in [0.2, 0.25) is 0 Å². The van der Waals surface area contributed by atoms with Crippen LogP contribution in [-0.4, -0.2) is 25.6 Å². The van der Waals surface area contributed by atoms with E-state index in [-0.39, 0.29) is 0 Å². The Kier molecular flexibility index (Phi) is 5.66. The average molecular weight is 419 g/mol. The maximum absolute atomic E-state index is 5.91. The second-order valence-corrected chi connectivity index (χ2v) is 7.45. The zero-order valence-corrected chi connectivity index (χ0v) is 17.3. The van der Waals surface area contributed by atoms with Crippen LogP contribution in [0.25, 0.3) is 23.1 Å². The first-order valence-electron chi connectivity index (χ1n) is 10.4. The van der Waals surface area contributed by atoms with Crippen molar-refractivity contribution in [3.8, 4) is 5.75 Å². The Morgan fingerprint density at radius 3 is 2.28 bits per heavy atom. The molecule has 0 bridgehead atoms. The van der Waals surface area contributed by atoms with Crippen LogP contribution in [0, 0.1) is 0 Å². The predicted molar refractivity (Wildman–Crippen MR) is 125 cm³/mol. The molecule has 0 saturated carbocycles. The van der Waals surface area contributed by atoms with Gasteiger partial charge in [-0.05, 0) is 51.4 Å². The third kappa shape index (κ3) is 4.87. The Balaban J connectivity index is 1.17. The second-order valence-electron chi connectivity index (χ2n) is 7.45. The lowest BCUT2D eigenvalue weighted by molar-refractivity contribution is 0.302. The fourth-order valence-electron chi connectivity index (χ4n) is 3.41. The summed E-state index contributed by atoms with van der Waals surface area (Å²) in [5, 5.41) is 15.0. The highest BCUT2D eigenvalue weighted by molar-refractivity contribution is 5.78. The van der Waals surface area contributed by atoms with Gasteiger partial charge in [-0.3, -0.25) is 0 Å². The van der Waals surface area contributed by atoms with Crippen molar-refractivity contribution in [3.05, 3.63) is 113 Å². The van der Waals surface area contributed by atoms with Crippen molar-refractivity contribution in [2.24, 2.45) is 0 Å². The Morgan fingerprint density at radius 1 is 0.781 bits per heavy atom. The first-order chi connectivity index (χ1) is 15.8. The number of hydrogen-bond acceptors (Lipinski definition) is 5. The van der Waals surface area contributed by atoms with Crippen molar-refractivity contribution in [1.29, 1.82) is 0 Å². The van der Waals surface area contributed by atoms with E-state index in [0.29, 0.717) is 13.0 Å². The number of rotatable bonds is 7. The fraction of sp³-hybridized carbons (Fsp3) is 0.0769. The average Bonchev–Trinajstić information content (AvgIpc) is 3.36. The molecule has 3 aromatic carbocycles. The van der Waals surface area contributed by atoms with Gasteiger partial charge in [-0.2, -0.15) is 0 Å². The monoisotopic (exact) mass is 419 g/mol. The normalized spacial score (nSPS) is 11.2. The molecule has 6 nitrogen and oxygen atoms in total. The highest BCUT2D eigenvalue weighted by atomic mass is 16.5. The lowest BCUT2D eigenvalue weighted by Crippen LogP contribution is -1.98. The van der Waals surface area contributed by atoms with E-state index < -0.39 is 0 Å². The molecule has 0 aliphatic rings. The summed E-state index contributed by atoms with van der Waals surface area (Å²) in [4.78, 5) is 4.65. The Labute approximate surface area is 185 Å². The third-order valence-electron chi connectivity index (χ3n) is 5.13. The zero-order valence-electron chi connectivity index (χ0n) is 17.3. The number of tetrazole rings is 1. The topological polar surface area (TPSA) is 76.6 Å². The molecule has 0 aliphatic heterocycles. The van der Waals surface area contributed by atoms with Crippen LogP contribution in [0.1, 0.15) is 28.2 Å². The number of ether oxygens (including phenoxy) is 1. The maximum atomic E-state index is 5.91. The minimum Gasteiger partial charge on any atom is -0.487 e. The molecule has 0 fully saturated rings. The SMILES string of the molecule is C(=C\c1ccc(OCc2ccc3ccccc3n2)cc1)/c1ccc(Cc2nnn[nH]2)cc1. The number of aromatic nitrogens is 5. The molecule has 0 atom stereocenters. The molecule has 156 valence electrons. The van der Waals surface area contributed by atoms with E-state index in [9.17, 15) is 0 Å². The highest BCUT2D eigenvalue weighted by Crippen LogP contribution is 2.18. The van der Waals surface area contributed by atoms with Gasteiger partial charge in [-0.25, -0.2) is 10.1 Å². The summed E-state index contributed by atoms with van der Waals surface area (Å²) in [5.74, 6) is 1.58. The van der Waals surface area contributed by atoms with Crippen molar-refractivity contribution in [2.45, 2.75) is 13.0 Å². The van der Waals surface area contributed by atoms with Crippen LogP contribution in [0.5, 0.6) is 5.75 Å². The Bertz CT molecular complexity index is 1330. The second kappa shape index (κ2) is 9.22. The predicted octanol–water partition coefficient (Wildman–Crippen LogP) is 5.09. The van der Waals surface area contributed by atoms with Gasteiger partial charge >= 0.3 is 0 Å². The zero-order chi connectivity index (χ0) is 21.6. The number of para-hydroxylation sites is 1. The summed E-state index contributed by atoms with van der Waals surface area (Å²) in [7, 11) is 0. The number of H-pyrrole nitrogens is 1. The number of aromatic amines is 1. The smallest absolute Gasteiger partial charge is 0.152 e. The Morgan fingerprint density at radius 2 is 1.53 bits per heavy atom. The summed E-state index contributed by atoms with van der Waals surface area (Å²) in [6.07, 6.45) is 4.87. The molecule has 6 heteroatoms. The molecule has 2 heterocycles. The highest BCUT2D eigenvalue weighted by Gasteiger charge is 2.01. The number of benzene rings is 3. The molecular weight excluding hydrogens is 398 g/mol. The van der Waals surface area contributed by atoms with Crippen LogP contribution in [0.15, 0.2) is 84.9 Å². The maximum Gasteiger partial charge on any atom is 0.152 e. The van der Waals surface area contributed by atoms with E-state index in [1.54, 1.807) is 0 Å². The number of nitrogens with one attached hydrogen (secondary N) is 1. The van der Waals surface area contributed by atoms with Crippen LogP contribution >= 0.6 is 0 Å². The summed E-state index contributed by atoms with van der Waals surface area (Å²) < 4.78 is 5.91. The van der Waals surface area contributed by atoms with E-state index >= 15 is 0 Å². The van der Waals surface area contributed by atoms with Crippen LogP contribution in [-0.2, 0) is 13.0 Å². The molecule has 5 aromatic rings. The summed E-state index contributed by atoms with van der Waals surface area (Å²) in [6, 6.07) is 28.6. The summed E-state index contributed by atoms with van der Waals surface area (Å²) in [6.45, 7) is 0.441. The molecule has 32 heavy (non-hydrogen) atoms. The molecular formula is C26H21N5O. The molecule has 0 spiro atoms. The molecule has 0 unspecified atom stereocenters. The van der Waals surface area contributed by atoms with Gasteiger partial charge in [0.1, 0.15) is 12.4 Å². The number of fused-ring (bicyclic) bond motifs is 1. The van der Waals surface area contributed by atoms with Crippen LogP contribution < -0.4 is 4.74 Å². The van der Waals surface area contributed by atoms with Gasteiger partial charge in [0.2, 0.25) is 0 Å². The lowest BCUT2D eigenvalue weighted by atomic mass is 10.1. The molecule has 5 rings (SSSR count). The first kappa shape index (κ1) is 19.6. The van der Waals surface area contributed by atoms with Gasteiger partial charge < -0.3 is 4.74 Å². The molecule has 0 amide bonds. The van der Waals surface area contributed by atoms with Gasteiger partial charge in [0.25, 0.3) is 0 Å². The van der Waals surface area contributed by atoms with Crippen LogP contribution in [0.3, 0.4) is 0 Å². The molecule has 2 aromatic heterocycles. The summed E-state index contributed by atoms with van der Waals surface area (Å²) >= 11 is 0. The van der Waals surface area contributed by atoms with Gasteiger partial charge in [0, 0.05) is 11.8 Å². The first-order valence-corrected chi connectivity index (χ1v) is 10.4. The van der Waals surface area contributed by atoms with Crippen molar-refractivity contribution in [3.63, 3.8) is 0 Å². The van der Waals surface area contributed by atoms with E-state index in [0.717, 1.165) is 44.9 Å². The molecule has 0 saturated heterocycles. The van der Waals surface area contributed by atoms with E-state index in [1.165, 1.54) is 0 Å². The number of pyridine rings is 1. The third-order valence-corrected chi connectivity index (χ3v) is 5.13. The molecule has 0 radical (unpaired) electrons. The van der Waals surface area contributed by atoms with Crippen LogP contribution in [0.4, 0.5) is 0 Å². The standard InChI is InChI=1S/C26H21N5O/c1-2-4-25-22(3-1)13-14-23(27-25)18-32-24-15-11-20(12-16-24)6-5-19-7-9-21(10-8-19)17-26-28-30-31-29-26/h1-16H,17-18H2,(H,28,29,30,31)/b6-5+. The van der Waals surface area contributed by atoms with Gasteiger partial charge in [-0.15, -0.1) is 5.10 Å². The van der Waals surface area contributed by atoms with E-state index in [2.05, 4.69) is 74.2 Å². The van der Waals surface area contributed by atoms with Gasteiger partial charge in [-0.1, -0.05) is 72.8 Å². The number of hydrogen-bond donors (Lipinski definition) is 1. The quantitative estimate of drug-likeness (QED) is 0.372. The van der Waals surface area contributed by atoms with E-state index in [4.69, 9.17) is 4.74 Å². The minimum absolute atomic E-state index is 0.441. The van der Waals surface area contributed by atoms with Crippen molar-refractivity contribution < 1.29 is 4.74 Å². The molecule has 1 N–H and O–H groups in total. The minimum atomic E-state index is 0.441. The fourth-order valence-corrected chi connectivity index (χ4v) is 3.41. The van der Waals surface area contributed by atoms with E-state index in [1.807, 2.05) is 48.5 Å². The van der Waals surface area contributed by atoms with Gasteiger partial charge in [0.15, 0.2) is 5.82 Å². The lowest BCUT2D eigenvalue weighted by Gasteiger charge is -2.07. The molecule has 0 aliphatic carbocycles. The largest absolute Gasteiger partial charge is 0.487 e. The number of nitrogens with zero attached hydrogens (tertiary/aromatic N) is 4. The van der Waals surface area contributed by atoms with Gasteiger partial charge in [0.05, 0.1) is 11.2 Å². The van der Waals surface area contributed by atoms with Crippen molar-refractivity contribution >= 4 is 23.1 Å². The van der Waals surface area contributed by atoms with Crippen molar-refractivity contribution in [1.82, 2.24) is 25.6 Å². The Hall–Kier alpha value is -4.32. The summed E-state index contributed by atoms with van der Waals surface area (Å²) in [5.41, 5.74) is 5.29. The van der Waals surface area contributed by atoms with Crippen molar-refractivity contribution in [2.75, 3.05) is 0 Å².